The molecule has 1 aromatic heterocycles. The van der Waals surface area contributed by atoms with E-state index in [0.717, 1.165) is 6.42 Å². The third-order valence-electron chi connectivity index (χ3n) is 2.23. The maximum absolute atomic E-state index is 4.42. The van der Waals surface area contributed by atoms with Crippen molar-refractivity contribution in [2.45, 2.75) is 18.2 Å². The number of benzene rings is 1. The number of rotatable bonds is 2. The molecule has 0 aliphatic carbocycles. The molecule has 2 heteroatoms. The zero-order chi connectivity index (χ0) is 9.97. The number of alkyl halides is 1. The van der Waals surface area contributed by atoms with E-state index in [0.29, 0.717) is 4.83 Å². The average Bonchev–Trinajstić information content (AvgIpc) is 2.18. The highest BCUT2D eigenvalue weighted by atomic mass is 79.9. The third kappa shape index (κ3) is 1.95. The fourth-order valence-corrected chi connectivity index (χ4v) is 1.92. The molecule has 0 bridgehead atoms. The van der Waals surface area contributed by atoms with Gasteiger partial charge in [-0.25, -0.2) is 0 Å². The first-order valence-electron chi connectivity index (χ1n) is 4.74. The number of hydrogen-bond acceptors (Lipinski definition) is 1. The molecule has 1 heterocycles. The SMILES string of the molecule is CC(Br)Cc1nccc2ccccc12. The Balaban J connectivity index is 2.53. The van der Waals surface area contributed by atoms with Gasteiger partial charge in [0.05, 0.1) is 0 Å². The first kappa shape index (κ1) is 9.66. The molecule has 14 heavy (non-hydrogen) atoms. The van der Waals surface area contributed by atoms with Gasteiger partial charge in [0.15, 0.2) is 0 Å². The summed E-state index contributed by atoms with van der Waals surface area (Å²) >= 11 is 3.56. The lowest BCUT2D eigenvalue weighted by atomic mass is 10.1. The number of nitrogens with zero attached hydrogens (tertiary/aromatic N) is 1. The molecular weight excluding hydrogens is 238 g/mol. The van der Waals surface area contributed by atoms with E-state index >= 15 is 0 Å². The zero-order valence-corrected chi connectivity index (χ0v) is 9.66. The molecule has 1 nitrogen and oxygen atoms in total. The molecule has 1 aromatic carbocycles. The summed E-state index contributed by atoms with van der Waals surface area (Å²) in [5.74, 6) is 0. The highest BCUT2D eigenvalue weighted by molar-refractivity contribution is 9.09. The van der Waals surface area contributed by atoms with Gasteiger partial charge in [-0.15, -0.1) is 0 Å². The van der Waals surface area contributed by atoms with Gasteiger partial charge in [0, 0.05) is 28.5 Å². The van der Waals surface area contributed by atoms with Crippen molar-refractivity contribution in [1.29, 1.82) is 0 Å². The summed E-state index contributed by atoms with van der Waals surface area (Å²) in [5.41, 5.74) is 1.17. The number of hydrogen-bond donors (Lipinski definition) is 0. The topological polar surface area (TPSA) is 12.9 Å². The molecule has 0 fully saturated rings. The van der Waals surface area contributed by atoms with Gasteiger partial charge in [-0.1, -0.05) is 47.1 Å². The predicted molar refractivity (Wildman–Crippen MR) is 63.8 cm³/mol. The maximum atomic E-state index is 4.42. The largest absolute Gasteiger partial charge is 0.261 e. The van der Waals surface area contributed by atoms with Crippen molar-refractivity contribution in [2.75, 3.05) is 0 Å². The van der Waals surface area contributed by atoms with Gasteiger partial charge in [-0.05, 0) is 11.5 Å². The van der Waals surface area contributed by atoms with Gasteiger partial charge in [0.2, 0.25) is 0 Å². The zero-order valence-electron chi connectivity index (χ0n) is 8.07. The second-order valence-electron chi connectivity index (χ2n) is 3.46. The van der Waals surface area contributed by atoms with Crippen LogP contribution in [0.3, 0.4) is 0 Å². The number of aromatic nitrogens is 1. The molecule has 0 radical (unpaired) electrons. The molecule has 0 saturated carbocycles. The summed E-state index contributed by atoms with van der Waals surface area (Å²) in [7, 11) is 0. The van der Waals surface area contributed by atoms with Crippen LogP contribution in [0.2, 0.25) is 0 Å². The smallest absolute Gasteiger partial charge is 0.0492 e. The lowest BCUT2D eigenvalue weighted by molar-refractivity contribution is 0.926. The van der Waals surface area contributed by atoms with E-state index in [4.69, 9.17) is 0 Å². The standard InChI is InChI=1S/C12H12BrN/c1-9(13)8-12-11-5-3-2-4-10(11)6-7-14-12/h2-7,9H,8H2,1H3. The monoisotopic (exact) mass is 249 g/mol. The Morgan fingerprint density at radius 2 is 2.07 bits per heavy atom. The van der Waals surface area contributed by atoms with Crippen molar-refractivity contribution in [3.05, 3.63) is 42.2 Å². The van der Waals surface area contributed by atoms with E-state index < -0.39 is 0 Å². The first-order valence-corrected chi connectivity index (χ1v) is 5.65. The second-order valence-corrected chi connectivity index (χ2v) is 5.03. The van der Waals surface area contributed by atoms with E-state index in [-0.39, 0.29) is 0 Å². The van der Waals surface area contributed by atoms with Gasteiger partial charge in [0.1, 0.15) is 0 Å². The van der Waals surface area contributed by atoms with Crippen LogP contribution in [0.4, 0.5) is 0 Å². The van der Waals surface area contributed by atoms with Gasteiger partial charge < -0.3 is 0 Å². The molecular formula is C12H12BrN. The van der Waals surface area contributed by atoms with Crippen LogP contribution in [0.5, 0.6) is 0 Å². The average molecular weight is 250 g/mol. The van der Waals surface area contributed by atoms with Crippen molar-refractivity contribution in [3.8, 4) is 0 Å². The van der Waals surface area contributed by atoms with Gasteiger partial charge in [0.25, 0.3) is 0 Å². The molecule has 0 aliphatic rings. The number of fused-ring (bicyclic) bond motifs is 1. The van der Waals surface area contributed by atoms with Crippen LogP contribution in [-0.4, -0.2) is 9.81 Å². The predicted octanol–water partition coefficient (Wildman–Crippen LogP) is 3.56. The molecule has 2 aromatic rings. The maximum Gasteiger partial charge on any atom is 0.0492 e. The van der Waals surface area contributed by atoms with Crippen molar-refractivity contribution in [2.24, 2.45) is 0 Å². The Morgan fingerprint density at radius 1 is 1.29 bits per heavy atom. The van der Waals surface area contributed by atoms with E-state index in [1.54, 1.807) is 0 Å². The van der Waals surface area contributed by atoms with Crippen molar-refractivity contribution >= 4 is 26.7 Å². The van der Waals surface area contributed by atoms with Crippen LogP contribution in [0, 0.1) is 0 Å². The lowest BCUT2D eigenvalue weighted by Crippen LogP contribution is -1.99. The summed E-state index contributed by atoms with van der Waals surface area (Å²) in [4.78, 5) is 4.89. The lowest BCUT2D eigenvalue weighted by Gasteiger charge is -2.06. The van der Waals surface area contributed by atoms with E-state index in [9.17, 15) is 0 Å². The van der Waals surface area contributed by atoms with Crippen LogP contribution < -0.4 is 0 Å². The van der Waals surface area contributed by atoms with E-state index in [2.05, 4.69) is 58.2 Å². The first-order chi connectivity index (χ1) is 6.77. The highest BCUT2D eigenvalue weighted by Gasteiger charge is 2.04. The summed E-state index contributed by atoms with van der Waals surface area (Å²) in [6, 6.07) is 10.4. The molecule has 72 valence electrons. The molecule has 0 N–H and O–H groups in total. The Morgan fingerprint density at radius 3 is 2.86 bits per heavy atom. The van der Waals surface area contributed by atoms with Crippen molar-refractivity contribution in [1.82, 2.24) is 4.98 Å². The Bertz CT molecular complexity index is 432. The Kier molecular flexibility index (Phi) is 2.82. The second kappa shape index (κ2) is 4.09. The Hall–Kier alpha value is -0.890. The highest BCUT2D eigenvalue weighted by Crippen LogP contribution is 2.18. The summed E-state index contributed by atoms with van der Waals surface area (Å²) < 4.78 is 0. The van der Waals surface area contributed by atoms with Crippen molar-refractivity contribution in [3.63, 3.8) is 0 Å². The van der Waals surface area contributed by atoms with Crippen LogP contribution in [0.15, 0.2) is 36.5 Å². The van der Waals surface area contributed by atoms with Gasteiger partial charge >= 0.3 is 0 Å². The quantitative estimate of drug-likeness (QED) is 0.742. The van der Waals surface area contributed by atoms with E-state index in [1.165, 1.54) is 16.5 Å². The van der Waals surface area contributed by atoms with Crippen LogP contribution in [-0.2, 0) is 6.42 Å². The molecule has 1 unspecified atom stereocenters. The normalized spacial score (nSPS) is 13.0. The molecule has 1 atom stereocenters. The third-order valence-corrected chi connectivity index (χ3v) is 2.55. The van der Waals surface area contributed by atoms with Crippen LogP contribution >= 0.6 is 15.9 Å². The molecule has 2 rings (SSSR count). The fourth-order valence-electron chi connectivity index (χ4n) is 1.61. The molecule has 0 spiro atoms. The molecule has 0 aliphatic heterocycles. The minimum Gasteiger partial charge on any atom is -0.261 e. The van der Waals surface area contributed by atoms with Crippen LogP contribution in [0.25, 0.3) is 10.8 Å². The summed E-state index contributed by atoms with van der Waals surface area (Å²) in [6.07, 6.45) is 2.86. The van der Waals surface area contributed by atoms with E-state index in [1.807, 2.05) is 6.20 Å². The molecule has 0 saturated heterocycles. The number of halogens is 1. The minimum atomic E-state index is 0.473. The Labute approximate surface area is 92.3 Å². The van der Waals surface area contributed by atoms with Gasteiger partial charge in [-0.3, -0.25) is 4.98 Å². The van der Waals surface area contributed by atoms with Crippen molar-refractivity contribution < 1.29 is 0 Å². The summed E-state index contributed by atoms with van der Waals surface area (Å²) in [6.45, 7) is 2.14. The summed E-state index contributed by atoms with van der Waals surface area (Å²) in [5, 5.41) is 2.53. The van der Waals surface area contributed by atoms with Gasteiger partial charge in [-0.2, -0.15) is 0 Å². The van der Waals surface area contributed by atoms with Crippen LogP contribution in [0.1, 0.15) is 12.6 Å². The minimum absolute atomic E-state index is 0.473. The molecule has 0 amide bonds. The fraction of sp³-hybridized carbons (Fsp3) is 0.250. The number of pyridine rings is 1.